The molecule has 4 aromatic rings. The van der Waals surface area contributed by atoms with Crippen molar-refractivity contribution in [2.75, 3.05) is 10.6 Å². The summed E-state index contributed by atoms with van der Waals surface area (Å²) in [5, 5.41) is 6.29. The second kappa shape index (κ2) is 7.67. The van der Waals surface area contributed by atoms with Gasteiger partial charge in [-0.25, -0.2) is 18.2 Å². The number of pyridine rings is 1. The Morgan fingerprint density at radius 1 is 1.00 bits per heavy atom. The van der Waals surface area contributed by atoms with E-state index < -0.39 is 17.5 Å². The number of fused-ring (bicyclic) bond motifs is 1. The molecule has 2 aromatic heterocycles. The monoisotopic (exact) mass is 396 g/mol. The summed E-state index contributed by atoms with van der Waals surface area (Å²) in [6, 6.07) is 12.6. The average molecular weight is 396 g/mol. The molecule has 0 fully saturated rings. The molecule has 2 heterocycles. The number of nitrogens with zero attached hydrogens (tertiary/aromatic N) is 1. The lowest BCUT2D eigenvalue weighted by Gasteiger charge is -2.09. The second-order valence-electron chi connectivity index (χ2n) is 6.36. The average Bonchev–Trinajstić information content (AvgIpc) is 3.13. The highest BCUT2D eigenvalue weighted by Crippen LogP contribution is 2.23. The lowest BCUT2D eigenvalue weighted by Crippen LogP contribution is -2.14. The smallest absolute Gasteiger partial charge is 0.228 e. The first-order chi connectivity index (χ1) is 14.0. The minimum atomic E-state index is -1.56. The van der Waals surface area contributed by atoms with Gasteiger partial charge in [0.15, 0.2) is 17.5 Å². The molecule has 0 radical (unpaired) electrons. The standard InChI is InChI=1S/C21H15F3N4O/c22-15-6-7-17(21(24)20(15)23)28-18-8-5-13(11-26-18)27-19(29)9-12-10-25-16-4-2-1-3-14(12)16/h1-8,10-11,25H,9H2,(H,26,28)(H,27,29). The van der Waals surface area contributed by atoms with E-state index in [-0.39, 0.29) is 23.8 Å². The van der Waals surface area contributed by atoms with Crippen LogP contribution in [-0.4, -0.2) is 15.9 Å². The van der Waals surface area contributed by atoms with Crippen LogP contribution in [0.4, 0.5) is 30.4 Å². The summed E-state index contributed by atoms with van der Waals surface area (Å²) >= 11 is 0. The Balaban J connectivity index is 1.42. The van der Waals surface area contributed by atoms with Crippen molar-refractivity contribution in [1.29, 1.82) is 0 Å². The Hall–Kier alpha value is -3.81. The summed E-state index contributed by atoms with van der Waals surface area (Å²) in [4.78, 5) is 19.5. The van der Waals surface area contributed by atoms with E-state index in [0.29, 0.717) is 5.69 Å². The van der Waals surface area contributed by atoms with E-state index in [1.165, 1.54) is 12.3 Å². The number of hydrogen-bond donors (Lipinski definition) is 3. The molecule has 0 saturated heterocycles. The fraction of sp³-hybridized carbons (Fsp3) is 0.0476. The SMILES string of the molecule is O=C(Cc1c[nH]c2ccccc12)Nc1ccc(Nc2ccc(F)c(F)c2F)nc1. The maximum Gasteiger partial charge on any atom is 0.228 e. The number of halogens is 3. The van der Waals surface area contributed by atoms with Crippen molar-refractivity contribution in [1.82, 2.24) is 9.97 Å². The van der Waals surface area contributed by atoms with Gasteiger partial charge in [-0.1, -0.05) is 18.2 Å². The van der Waals surface area contributed by atoms with E-state index in [0.717, 1.165) is 28.6 Å². The van der Waals surface area contributed by atoms with Gasteiger partial charge in [0.05, 0.1) is 24.0 Å². The molecular formula is C21H15F3N4O. The highest BCUT2D eigenvalue weighted by atomic mass is 19.2. The molecule has 146 valence electrons. The van der Waals surface area contributed by atoms with Crippen LogP contribution in [0.2, 0.25) is 0 Å². The van der Waals surface area contributed by atoms with Crippen LogP contribution in [0, 0.1) is 17.5 Å². The number of H-pyrrole nitrogens is 1. The van der Waals surface area contributed by atoms with Crippen LogP contribution in [0.1, 0.15) is 5.56 Å². The van der Waals surface area contributed by atoms with Crippen molar-refractivity contribution in [3.05, 3.63) is 83.9 Å². The minimum Gasteiger partial charge on any atom is -0.361 e. The first-order valence-corrected chi connectivity index (χ1v) is 8.72. The van der Waals surface area contributed by atoms with Gasteiger partial charge >= 0.3 is 0 Å². The largest absolute Gasteiger partial charge is 0.361 e. The zero-order valence-corrected chi connectivity index (χ0v) is 15.0. The number of anilines is 3. The summed E-state index contributed by atoms with van der Waals surface area (Å²) in [5.74, 6) is -4.17. The molecule has 29 heavy (non-hydrogen) atoms. The van der Waals surface area contributed by atoms with E-state index in [1.807, 2.05) is 24.3 Å². The molecule has 0 spiro atoms. The maximum atomic E-state index is 13.7. The van der Waals surface area contributed by atoms with Crippen molar-refractivity contribution in [2.24, 2.45) is 0 Å². The van der Waals surface area contributed by atoms with Crippen LogP contribution < -0.4 is 10.6 Å². The van der Waals surface area contributed by atoms with E-state index >= 15 is 0 Å². The number of aromatic nitrogens is 2. The fourth-order valence-electron chi connectivity index (χ4n) is 2.96. The molecule has 0 aliphatic carbocycles. The Labute approximate surface area is 163 Å². The van der Waals surface area contributed by atoms with Gasteiger partial charge in [0, 0.05) is 17.1 Å². The first kappa shape index (κ1) is 18.5. The zero-order valence-electron chi connectivity index (χ0n) is 15.0. The minimum absolute atomic E-state index is 0.185. The van der Waals surface area contributed by atoms with Crippen molar-refractivity contribution in [3.63, 3.8) is 0 Å². The molecule has 8 heteroatoms. The van der Waals surface area contributed by atoms with Crippen LogP contribution in [0.5, 0.6) is 0 Å². The lowest BCUT2D eigenvalue weighted by atomic mass is 10.1. The Kier molecular flexibility index (Phi) is 4.90. The third-order valence-corrected chi connectivity index (χ3v) is 4.37. The molecule has 0 saturated carbocycles. The summed E-state index contributed by atoms with van der Waals surface area (Å²) in [6.07, 6.45) is 3.36. The second-order valence-corrected chi connectivity index (χ2v) is 6.36. The van der Waals surface area contributed by atoms with Gasteiger partial charge < -0.3 is 15.6 Å². The molecule has 0 aliphatic heterocycles. The highest BCUT2D eigenvalue weighted by Gasteiger charge is 2.14. The quantitative estimate of drug-likeness (QED) is 0.420. The van der Waals surface area contributed by atoms with Crippen LogP contribution in [0.3, 0.4) is 0 Å². The van der Waals surface area contributed by atoms with Crippen LogP contribution >= 0.6 is 0 Å². The summed E-state index contributed by atoms with van der Waals surface area (Å²) in [6.45, 7) is 0. The zero-order chi connectivity index (χ0) is 20.4. The number of para-hydroxylation sites is 1. The van der Waals surface area contributed by atoms with Gasteiger partial charge in [-0.15, -0.1) is 0 Å². The van der Waals surface area contributed by atoms with Gasteiger partial charge in [0.2, 0.25) is 5.91 Å². The van der Waals surface area contributed by atoms with Gasteiger partial charge in [-0.2, -0.15) is 0 Å². The number of benzene rings is 2. The van der Waals surface area contributed by atoms with Gasteiger partial charge in [0.25, 0.3) is 0 Å². The number of nitrogens with one attached hydrogen (secondary N) is 3. The summed E-state index contributed by atoms with van der Waals surface area (Å²) < 4.78 is 40.0. The Morgan fingerprint density at radius 3 is 2.62 bits per heavy atom. The van der Waals surface area contributed by atoms with Crippen LogP contribution in [0.15, 0.2) is 60.9 Å². The maximum absolute atomic E-state index is 13.7. The third kappa shape index (κ3) is 3.91. The summed E-state index contributed by atoms with van der Waals surface area (Å²) in [5.41, 5.74) is 2.04. The van der Waals surface area contributed by atoms with Crippen molar-refractivity contribution in [3.8, 4) is 0 Å². The highest BCUT2D eigenvalue weighted by molar-refractivity contribution is 5.95. The van der Waals surface area contributed by atoms with E-state index in [9.17, 15) is 18.0 Å². The fourth-order valence-corrected chi connectivity index (χ4v) is 2.96. The molecular weight excluding hydrogens is 381 g/mol. The predicted octanol–water partition coefficient (Wildman–Crippen LogP) is 4.91. The lowest BCUT2D eigenvalue weighted by molar-refractivity contribution is -0.115. The first-order valence-electron chi connectivity index (χ1n) is 8.72. The number of hydrogen-bond acceptors (Lipinski definition) is 3. The normalized spacial score (nSPS) is 10.9. The molecule has 1 amide bonds. The van der Waals surface area contributed by atoms with E-state index in [2.05, 4.69) is 20.6 Å². The van der Waals surface area contributed by atoms with Gasteiger partial charge in [0.1, 0.15) is 5.82 Å². The Bertz CT molecular complexity index is 1190. The van der Waals surface area contributed by atoms with Crippen LogP contribution in [-0.2, 0) is 11.2 Å². The number of amides is 1. The topological polar surface area (TPSA) is 69.8 Å². The molecule has 0 unspecified atom stereocenters. The predicted molar refractivity (Wildman–Crippen MR) is 104 cm³/mol. The van der Waals surface area contributed by atoms with Crippen LogP contribution in [0.25, 0.3) is 10.9 Å². The van der Waals surface area contributed by atoms with E-state index in [4.69, 9.17) is 0 Å². The summed E-state index contributed by atoms with van der Waals surface area (Å²) in [7, 11) is 0. The molecule has 0 atom stereocenters. The number of carbonyl (C=O) groups excluding carboxylic acids is 1. The molecule has 5 nitrogen and oxygen atoms in total. The molecule has 0 bridgehead atoms. The number of rotatable bonds is 5. The Morgan fingerprint density at radius 2 is 1.83 bits per heavy atom. The van der Waals surface area contributed by atoms with Crippen molar-refractivity contribution in [2.45, 2.75) is 6.42 Å². The molecule has 0 aliphatic rings. The third-order valence-electron chi connectivity index (χ3n) is 4.37. The molecule has 3 N–H and O–H groups in total. The van der Waals surface area contributed by atoms with Crippen molar-refractivity contribution < 1.29 is 18.0 Å². The molecule has 2 aromatic carbocycles. The van der Waals surface area contributed by atoms with Crippen molar-refractivity contribution >= 4 is 34.0 Å². The van der Waals surface area contributed by atoms with Gasteiger partial charge in [-0.3, -0.25) is 4.79 Å². The molecule has 4 rings (SSSR count). The number of aromatic amines is 1. The number of carbonyl (C=O) groups is 1. The van der Waals surface area contributed by atoms with Gasteiger partial charge in [-0.05, 0) is 35.9 Å². The van der Waals surface area contributed by atoms with E-state index in [1.54, 1.807) is 12.3 Å².